The first kappa shape index (κ1) is 16.2. The third-order valence-electron chi connectivity index (χ3n) is 3.36. The van der Waals surface area contributed by atoms with Crippen molar-refractivity contribution < 1.29 is 9.72 Å². The number of nitrogens with zero attached hydrogens (tertiary/aromatic N) is 3. The van der Waals surface area contributed by atoms with E-state index in [4.69, 9.17) is 23.2 Å². The van der Waals surface area contributed by atoms with Crippen LogP contribution in [0.3, 0.4) is 0 Å². The summed E-state index contributed by atoms with van der Waals surface area (Å²) in [4.78, 5) is 22.5. The summed E-state index contributed by atoms with van der Waals surface area (Å²) in [5.41, 5.74) is 0.992. The van der Waals surface area contributed by atoms with Gasteiger partial charge >= 0.3 is 0 Å². The third kappa shape index (κ3) is 3.17. The van der Waals surface area contributed by atoms with Gasteiger partial charge in [0.1, 0.15) is 6.54 Å². The maximum Gasteiger partial charge on any atom is 0.270 e. The van der Waals surface area contributed by atoms with Gasteiger partial charge in [0.15, 0.2) is 0 Å². The molecule has 0 aliphatic rings. The number of carbonyl (C=O) groups is 1. The fraction of sp³-hybridized carbons (Fsp3) is 0.0667. The number of hydrogen-bond donors (Lipinski definition) is 1. The normalized spacial score (nSPS) is 10.8. The van der Waals surface area contributed by atoms with Gasteiger partial charge in [-0.05, 0) is 18.2 Å². The summed E-state index contributed by atoms with van der Waals surface area (Å²) in [6, 6.07) is 9.26. The second-order valence-electron chi connectivity index (χ2n) is 4.95. The van der Waals surface area contributed by atoms with Crippen LogP contribution >= 0.6 is 23.2 Å². The smallest absolute Gasteiger partial charge is 0.270 e. The zero-order chi connectivity index (χ0) is 17.3. The average molecular weight is 365 g/mol. The molecule has 1 N–H and O–H groups in total. The molecular formula is C15H10Cl2N4O3. The summed E-state index contributed by atoms with van der Waals surface area (Å²) in [5.74, 6) is -0.345. The molecule has 0 fully saturated rings. The van der Waals surface area contributed by atoms with Gasteiger partial charge in [0, 0.05) is 17.5 Å². The highest BCUT2D eigenvalue weighted by molar-refractivity contribution is 6.43. The van der Waals surface area contributed by atoms with Crippen LogP contribution in [-0.2, 0) is 11.3 Å². The lowest BCUT2D eigenvalue weighted by molar-refractivity contribution is -0.384. The number of hydrogen-bond acceptors (Lipinski definition) is 4. The number of aromatic nitrogens is 2. The van der Waals surface area contributed by atoms with Crippen LogP contribution in [0.5, 0.6) is 0 Å². The van der Waals surface area contributed by atoms with Gasteiger partial charge in [-0.2, -0.15) is 5.10 Å². The van der Waals surface area contributed by atoms with Crippen LogP contribution in [0.4, 0.5) is 11.4 Å². The van der Waals surface area contributed by atoms with Gasteiger partial charge in [-0.1, -0.05) is 29.3 Å². The topological polar surface area (TPSA) is 90.1 Å². The average Bonchev–Trinajstić information content (AvgIpc) is 2.94. The van der Waals surface area contributed by atoms with Crippen molar-refractivity contribution in [3.8, 4) is 0 Å². The molecule has 7 nitrogen and oxygen atoms in total. The molecule has 2 aromatic carbocycles. The molecule has 0 radical (unpaired) electrons. The number of halogens is 2. The molecule has 0 atom stereocenters. The molecule has 1 aromatic heterocycles. The van der Waals surface area contributed by atoms with Gasteiger partial charge < -0.3 is 5.32 Å². The van der Waals surface area contributed by atoms with Crippen molar-refractivity contribution in [2.75, 3.05) is 5.32 Å². The Morgan fingerprint density at radius 1 is 1.29 bits per heavy atom. The van der Waals surface area contributed by atoms with E-state index in [1.54, 1.807) is 24.3 Å². The van der Waals surface area contributed by atoms with Crippen molar-refractivity contribution in [2.45, 2.75) is 6.54 Å². The number of nitrogens with one attached hydrogen (secondary N) is 1. The van der Waals surface area contributed by atoms with E-state index in [0.29, 0.717) is 21.6 Å². The number of carbonyl (C=O) groups excluding carboxylic acids is 1. The Labute approximate surface area is 145 Å². The number of benzene rings is 2. The van der Waals surface area contributed by atoms with Crippen molar-refractivity contribution in [2.24, 2.45) is 0 Å². The minimum Gasteiger partial charge on any atom is -0.323 e. The van der Waals surface area contributed by atoms with E-state index in [0.717, 1.165) is 0 Å². The zero-order valence-corrected chi connectivity index (χ0v) is 13.6. The Morgan fingerprint density at radius 3 is 2.83 bits per heavy atom. The summed E-state index contributed by atoms with van der Waals surface area (Å²) in [6.45, 7) is -0.0653. The van der Waals surface area contributed by atoms with E-state index in [9.17, 15) is 14.9 Å². The lowest BCUT2D eigenvalue weighted by atomic mass is 10.2. The van der Waals surface area contributed by atoms with E-state index < -0.39 is 4.92 Å². The SMILES string of the molecule is O=C(Cn1ncc2cc([N+](=O)[O-])ccc21)Nc1cccc(Cl)c1Cl. The van der Waals surface area contributed by atoms with E-state index in [-0.39, 0.29) is 23.2 Å². The molecule has 9 heteroatoms. The van der Waals surface area contributed by atoms with Gasteiger partial charge in [0.05, 0.1) is 32.4 Å². The van der Waals surface area contributed by atoms with Gasteiger partial charge in [0.2, 0.25) is 5.91 Å². The molecular weight excluding hydrogens is 355 g/mol. The Bertz CT molecular complexity index is 955. The Kier molecular flexibility index (Phi) is 4.37. The summed E-state index contributed by atoms with van der Waals surface area (Å²) in [6.07, 6.45) is 1.47. The van der Waals surface area contributed by atoms with E-state index >= 15 is 0 Å². The minimum atomic E-state index is -0.482. The largest absolute Gasteiger partial charge is 0.323 e. The number of nitro benzene ring substituents is 1. The summed E-state index contributed by atoms with van der Waals surface area (Å²) < 4.78 is 1.45. The number of fused-ring (bicyclic) bond motifs is 1. The number of non-ortho nitro benzene ring substituents is 1. The molecule has 3 rings (SSSR count). The predicted molar refractivity (Wildman–Crippen MR) is 91.5 cm³/mol. The zero-order valence-electron chi connectivity index (χ0n) is 12.1. The van der Waals surface area contributed by atoms with Crippen LogP contribution in [0.1, 0.15) is 0 Å². The third-order valence-corrected chi connectivity index (χ3v) is 4.17. The molecule has 0 saturated heterocycles. The van der Waals surface area contributed by atoms with Crippen molar-refractivity contribution in [3.05, 3.63) is 62.8 Å². The highest BCUT2D eigenvalue weighted by Crippen LogP contribution is 2.29. The summed E-state index contributed by atoms with van der Waals surface area (Å²) >= 11 is 11.9. The van der Waals surface area contributed by atoms with Gasteiger partial charge in [-0.25, -0.2) is 0 Å². The van der Waals surface area contributed by atoms with Crippen LogP contribution in [0, 0.1) is 10.1 Å². The summed E-state index contributed by atoms with van der Waals surface area (Å²) in [5, 5.41) is 18.7. The number of anilines is 1. The lowest BCUT2D eigenvalue weighted by Crippen LogP contribution is -2.19. The fourth-order valence-corrected chi connectivity index (χ4v) is 2.59. The fourth-order valence-electron chi connectivity index (χ4n) is 2.24. The molecule has 1 heterocycles. The predicted octanol–water partition coefficient (Wildman–Crippen LogP) is 3.89. The van der Waals surface area contributed by atoms with Crippen LogP contribution in [0.15, 0.2) is 42.6 Å². The van der Waals surface area contributed by atoms with Gasteiger partial charge in [-0.3, -0.25) is 19.6 Å². The Hall–Kier alpha value is -2.64. The number of nitro groups is 1. The molecule has 0 aliphatic heterocycles. The first-order chi connectivity index (χ1) is 11.5. The second kappa shape index (κ2) is 6.46. The molecule has 24 heavy (non-hydrogen) atoms. The molecule has 122 valence electrons. The van der Waals surface area contributed by atoms with Crippen LogP contribution in [0.2, 0.25) is 10.0 Å². The number of rotatable bonds is 4. The first-order valence-electron chi connectivity index (χ1n) is 6.79. The van der Waals surface area contributed by atoms with Gasteiger partial charge in [0.25, 0.3) is 5.69 Å². The molecule has 0 aliphatic carbocycles. The van der Waals surface area contributed by atoms with Crippen molar-refractivity contribution in [1.29, 1.82) is 0 Å². The molecule has 0 unspecified atom stereocenters. The Morgan fingerprint density at radius 2 is 2.08 bits per heavy atom. The van der Waals surface area contributed by atoms with Crippen molar-refractivity contribution >= 4 is 51.4 Å². The Balaban J connectivity index is 1.81. The maximum atomic E-state index is 12.2. The second-order valence-corrected chi connectivity index (χ2v) is 5.74. The van der Waals surface area contributed by atoms with E-state index in [1.807, 2.05) is 0 Å². The van der Waals surface area contributed by atoms with Crippen LogP contribution in [-0.4, -0.2) is 20.6 Å². The lowest BCUT2D eigenvalue weighted by Gasteiger charge is -2.08. The monoisotopic (exact) mass is 364 g/mol. The van der Waals surface area contributed by atoms with E-state index in [2.05, 4.69) is 10.4 Å². The van der Waals surface area contributed by atoms with E-state index in [1.165, 1.54) is 23.0 Å². The number of amides is 1. The molecule has 0 bridgehead atoms. The molecule has 1 amide bonds. The maximum absolute atomic E-state index is 12.2. The van der Waals surface area contributed by atoms with Gasteiger partial charge in [-0.15, -0.1) is 0 Å². The van der Waals surface area contributed by atoms with Crippen molar-refractivity contribution in [1.82, 2.24) is 9.78 Å². The first-order valence-corrected chi connectivity index (χ1v) is 7.55. The van der Waals surface area contributed by atoms with Crippen molar-refractivity contribution in [3.63, 3.8) is 0 Å². The highest BCUT2D eigenvalue weighted by Gasteiger charge is 2.13. The standard InChI is InChI=1S/C15H10Cl2N4O3/c16-11-2-1-3-12(15(11)17)19-14(22)8-20-13-5-4-10(21(23)24)6-9(13)7-18-20/h1-7H,8H2,(H,19,22). The quantitative estimate of drug-likeness (QED) is 0.561. The summed E-state index contributed by atoms with van der Waals surface area (Å²) in [7, 11) is 0. The molecule has 3 aromatic rings. The minimum absolute atomic E-state index is 0.0304. The molecule has 0 spiro atoms. The van der Waals surface area contributed by atoms with Crippen LogP contribution in [0.25, 0.3) is 10.9 Å². The van der Waals surface area contributed by atoms with Crippen LogP contribution < -0.4 is 5.32 Å². The highest BCUT2D eigenvalue weighted by atomic mass is 35.5. The molecule has 0 saturated carbocycles.